The highest BCUT2D eigenvalue weighted by atomic mass is 35.5. The molecule has 1 heterocycles. The number of hydrogen-bond acceptors (Lipinski definition) is 4. The fourth-order valence-corrected chi connectivity index (χ4v) is 2.98. The average Bonchev–Trinajstić information content (AvgIpc) is 2.88. The quantitative estimate of drug-likeness (QED) is 0.827. The minimum absolute atomic E-state index is 0. The standard InChI is InChI=1S/C16H20FN3OS.ClH/c1-3-8-16(2,18)14(21)20-15-19-10-12(22-15)9-11-6-4-5-7-13(11)17;/h4-7,10H,3,8-9,18H2,1-2H3,(H,19,20,21);1H. The van der Waals surface area contributed by atoms with E-state index >= 15 is 0 Å². The van der Waals surface area contributed by atoms with Crippen LogP contribution in [0, 0.1) is 5.82 Å². The van der Waals surface area contributed by atoms with Gasteiger partial charge in [-0.3, -0.25) is 4.79 Å². The SMILES string of the molecule is CCCC(C)(N)C(=O)Nc1ncc(Cc2ccccc2F)s1.Cl. The number of hydrogen-bond donors (Lipinski definition) is 2. The van der Waals surface area contributed by atoms with E-state index in [1.165, 1.54) is 17.4 Å². The van der Waals surface area contributed by atoms with Gasteiger partial charge in [-0.15, -0.1) is 23.7 Å². The molecule has 0 saturated heterocycles. The van der Waals surface area contributed by atoms with Gasteiger partial charge in [-0.1, -0.05) is 31.5 Å². The summed E-state index contributed by atoms with van der Waals surface area (Å²) in [6, 6.07) is 6.63. The summed E-state index contributed by atoms with van der Waals surface area (Å²) >= 11 is 1.33. The minimum Gasteiger partial charge on any atom is -0.318 e. The number of halogens is 2. The Hall–Kier alpha value is -1.50. The smallest absolute Gasteiger partial charge is 0.245 e. The number of rotatable bonds is 6. The molecule has 126 valence electrons. The molecule has 0 bridgehead atoms. The number of benzene rings is 1. The van der Waals surface area contributed by atoms with E-state index in [0.717, 1.165) is 11.3 Å². The van der Waals surface area contributed by atoms with Crippen LogP contribution in [0.5, 0.6) is 0 Å². The second kappa shape index (κ2) is 8.38. The number of aromatic nitrogens is 1. The lowest BCUT2D eigenvalue weighted by Crippen LogP contribution is -2.48. The topological polar surface area (TPSA) is 68.0 Å². The Morgan fingerprint density at radius 3 is 2.78 bits per heavy atom. The molecule has 0 spiro atoms. The van der Waals surface area contributed by atoms with Gasteiger partial charge < -0.3 is 11.1 Å². The third-order valence-electron chi connectivity index (χ3n) is 3.38. The molecule has 0 aliphatic carbocycles. The normalized spacial score (nSPS) is 13.0. The van der Waals surface area contributed by atoms with Crippen molar-refractivity contribution in [1.29, 1.82) is 0 Å². The van der Waals surface area contributed by atoms with E-state index in [2.05, 4.69) is 10.3 Å². The molecule has 0 aliphatic rings. The molecule has 7 heteroatoms. The van der Waals surface area contributed by atoms with E-state index in [1.54, 1.807) is 31.3 Å². The summed E-state index contributed by atoms with van der Waals surface area (Å²) in [5, 5.41) is 3.23. The summed E-state index contributed by atoms with van der Waals surface area (Å²) in [7, 11) is 0. The van der Waals surface area contributed by atoms with Gasteiger partial charge in [0.1, 0.15) is 5.82 Å². The summed E-state index contributed by atoms with van der Waals surface area (Å²) < 4.78 is 13.6. The molecule has 1 amide bonds. The van der Waals surface area contributed by atoms with Crippen molar-refractivity contribution in [2.45, 2.75) is 38.6 Å². The van der Waals surface area contributed by atoms with Gasteiger partial charge in [0.2, 0.25) is 5.91 Å². The van der Waals surface area contributed by atoms with Crippen molar-refractivity contribution in [3.05, 3.63) is 46.7 Å². The highest BCUT2D eigenvalue weighted by Crippen LogP contribution is 2.23. The summed E-state index contributed by atoms with van der Waals surface area (Å²) in [6.45, 7) is 3.69. The third-order valence-corrected chi connectivity index (χ3v) is 4.30. The van der Waals surface area contributed by atoms with Crippen LogP contribution >= 0.6 is 23.7 Å². The molecule has 2 aromatic rings. The molecule has 2 rings (SSSR count). The van der Waals surface area contributed by atoms with Gasteiger partial charge in [-0.2, -0.15) is 0 Å². The first kappa shape index (κ1) is 19.5. The molecule has 0 aliphatic heterocycles. The second-order valence-electron chi connectivity index (χ2n) is 5.52. The number of carbonyl (C=O) groups is 1. The number of nitrogens with zero attached hydrogens (tertiary/aromatic N) is 1. The van der Waals surface area contributed by atoms with Crippen LogP contribution in [0.4, 0.5) is 9.52 Å². The van der Waals surface area contributed by atoms with Gasteiger partial charge in [0.15, 0.2) is 5.13 Å². The Morgan fingerprint density at radius 2 is 2.13 bits per heavy atom. The highest BCUT2D eigenvalue weighted by Gasteiger charge is 2.27. The molecule has 23 heavy (non-hydrogen) atoms. The Labute approximate surface area is 145 Å². The molecule has 1 aromatic heterocycles. The van der Waals surface area contributed by atoms with Crippen molar-refractivity contribution in [2.75, 3.05) is 5.32 Å². The number of amides is 1. The molecule has 1 unspecified atom stereocenters. The summed E-state index contributed by atoms with van der Waals surface area (Å²) in [5.74, 6) is -0.486. The zero-order chi connectivity index (χ0) is 16.2. The third kappa shape index (κ3) is 5.27. The molecule has 4 nitrogen and oxygen atoms in total. The van der Waals surface area contributed by atoms with Crippen LogP contribution in [-0.2, 0) is 11.2 Å². The zero-order valence-electron chi connectivity index (χ0n) is 13.1. The van der Waals surface area contributed by atoms with E-state index < -0.39 is 5.54 Å². The van der Waals surface area contributed by atoms with Crippen LogP contribution < -0.4 is 11.1 Å². The number of nitrogens with one attached hydrogen (secondary N) is 1. The largest absolute Gasteiger partial charge is 0.318 e. The average molecular weight is 358 g/mol. The van der Waals surface area contributed by atoms with Crippen LogP contribution in [0.15, 0.2) is 30.5 Å². The van der Waals surface area contributed by atoms with Gasteiger partial charge in [-0.25, -0.2) is 9.37 Å². The first-order valence-corrected chi connectivity index (χ1v) is 8.02. The first-order chi connectivity index (χ1) is 10.4. The van der Waals surface area contributed by atoms with Crippen molar-refractivity contribution in [3.8, 4) is 0 Å². The Balaban J connectivity index is 0.00000264. The number of anilines is 1. The Kier molecular flexibility index (Phi) is 7.12. The zero-order valence-corrected chi connectivity index (χ0v) is 14.8. The van der Waals surface area contributed by atoms with Gasteiger partial charge in [0.25, 0.3) is 0 Å². The van der Waals surface area contributed by atoms with Crippen molar-refractivity contribution in [2.24, 2.45) is 5.73 Å². The van der Waals surface area contributed by atoms with Gasteiger partial charge in [-0.05, 0) is 25.0 Å². The summed E-state index contributed by atoms with van der Waals surface area (Å²) in [4.78, 5) is 17.2. The number of nitrogens with two attached hydrogens (primary N) is 1. The van der Waals surface area contributed by atoms with E-state index in [1.807, 2.05) is 6.92 Å². The first-order valence-electron chi connectivity index (χ1n) is 7.21. The monoisotopic (exact) mass is 357 g/mol. The van der Waals surface area contributed by atoms with Crippen LogP contribution in [0.1, 0.15) is 37.1 Å². The maximum absolute atomic E-state index is 13.6. The number of thiazole rings is 1. The molecule has 1 atom stereocenters. The fourth-order valence-electron chi connectivity index (χ4n) is 2.15. The summed E-state index contributed by atoms with van der Waals surface area (Å²) in [6.07, 6.45) is 3.54. The van der Waals surface area contributed by atoms with Crippen LogP contribution in [0.3, 0.4) is 0 Å². The van der Waals surface area contributed by atoms with E-state index in [9.17, 15) is 9.18 Å². The van der Waals surface area contributed by atoms with Crippen molar-refractivity contribution in [3.63, 3.8) is 0 Å². The Bertz CT molecular complexity index is 660. The van der Waals surface area contributed by atoms with Crippen molar-refractivity contribution >= 4 is 34.8 Å². The minimum atomic E-state index is -0.911. The molecule has 0 saturated carbocycles. The van der Waals surface area contributed by atoms with Crippen molar-refractivity contribution in [1.82, 2.24) is 4.98 Å². The van der Waals surface area contributed by atoms with Crippen LogP contribution in [0.25, 0.3) is 0 Å². The van der Waals surface area contributed by atoms with Gasteiger partial charge in [0.05, 0.1) is 5.54 Å². The number of carbonyl (C=O) groups excluding carboxylic acids is 1. The van der Waals surface area contributed by atoms with Crippen LogP contribution in [-0.4, -0.2) is 16.4 Å². The Morgan fingerprint density at radius 1 is 1.43 bits per heavy atom. The predicted octanol–water partition coefficient (Wildman–Crippen LogP) is 3.75. The molecule has 3 N–H and O–H groups in total. The molecule has 0 fully saturated rings. The molecule has 1 aromatic carbocycles. The van der Waals surface area contributed by atoms with Crippen molar-refractivity contribution < 1.29 is 9.18 Å². The molecular formula is C16H21ClFN3OS. The van der Waals surface area contributed by atoms with Gasteiger partial charge in [0, 0.05) is 17.5 Å². The lowest BCUT2D eigenvalue weighted by molar-refractivity contribution is -0.120. The molecular weight excluding hydrogens is 337 g/mol. The maximum Gasteiger partial charge on any atom is 0.245 e. The van der Waals surface area contributed by atoms with Gasteiger partial charge >= 0.3 is 0 Å². The fraction of sp³-hybridized carbons (Fsp3) is 0.375. The van der Waals surface area contributed by atoms with E-state index in [0.29, 0.717) is 23.5 Å². The second-order valence-corrected chi connectivity index (χ2v) is 6.64. The summed E-state index contributed by atoms with van der Waals surface area (Å²) in [5.41, 5.74) is 5.68. The molecule has 0 radical (unpaired) electrons. The predicted molar refractivity (Wildman–Crippen MR) is 94.7 cm³/mol. The lowest BCUT2D eigenvalue weighted by atomic mass is 9.97. The van der Waals surface area contributed by atoms with E-state index in [4.69, 9.17) is 5.73 Å². The maximum atomic E-state index is 13.6. The van der Waals surface area contributed by atoms with Crippen LogP contribution in [0.2, 0.25) is 0 Å². The highest BCUT2D eigenvalue weighted by molar-refractivity contribution is 7.15. The van der Waals surface area contributed by atoms with E-state index in [-0.39, 0.29) is 24.1 Å². The lowest BCUT2D eigenvalue weighted by Gasteiger charge is -2.21.